The molecule has 0 amide bonds. The minimum absolute atomic E-state index is 0.0976. The van der Waals surface area contributed by atoms with Gasteiger partial charge in [0, 0.05) is 10.1 Å². The summed E-state index contributed by atoms with van der Waals surface area (Å²) in [6.07, 6.45) is 3.20. The molecule has 2 heteroatoms. The summed E-state index contributed by atoms with van der Waals surface area (Å²) in [5.41, 5.74) is 1.32. The first-order valence-corrected chi connectivity index (χ1v) is 6.05. The van der Waals surface area contributed by atoms with Gasteiger partial charge in [0.1, 0.15) is 0 Å². The second-order valence-electron chi connectivity index (χ2n) is 3.92. The quantitative estimate of drug-likeness (QED) is 0.806. The molecule has 0 heterocycles. The number of thioether (sulfide) groups is 1. The van der Waals surface area contributed by atoms with E-state index in [1.54, 1.807) is 0 Å². The van der Waals surface area contributed by atoms with E-state index in [2.05, 4.69) is 31.2 Å². The zero-order valence-electron chi connectivity index (χ0n) is 8.44. The minimum Gasteiger partial charge on any atom is -0.392 e. The van der Waals surface area contributed by atoms with E-state index in [0.29, 0.717) is 5.25 Å². The van der Waals surface area contributed by atoms with Crippen LogP contribution in [0, 0.1) is 6.92 Å². The van der Waals surface area contributed by atoms with Gasteiger partial charge >= 0.3 is 0 Å². The summed E-state index contributed by atoms with van der Waals surface area (Å²) >= 11 is 1.84. The summed E-state index contributed by atoms with van der Waals surface area (Å²) in [4.78, 5) is 1.32. The Labute approximate surface area is 89.5 Å². The van der Waals surface area contributed by atoms with Crippen molar-refractivity contribution in [3.63, 3.8) is 0 Å². The molecule has 14 heavy (non-hydrogen) atoms. The molecule has 2 atom stereocenters. The largest absolute Gasteiger partial charge is 0.392 e. The molecule has 2 rings (SSSR count). The average molecular weight is 208 g/mol. The lowest BCUT2D eigenvalue weighted by molar-refractivity contribution is 0.188. The SMILES string of the molecule is Cc1ccccc1S[C@@H]1CCC[C@H]1O. The third kappa shape index (κ3) is 2.12. The van der Waals surface area contributed by atoms with Crippen LogP contribution in [0.4, 0.5) is 0 Å². The molecule has 76 valence electrons. The van der Waals surface area contributed by atoms with E-state index in [-0.39, 0.29) is 6.10 Å². The minimum atomic E-state index is -0.0976. The second kappa shape index (κ2) is 4.37. The summed E-state index contributed by atoms with van der Waals surface area (Å²) < 4.78 is 0. The van der Waals surface area contributed by atoms with Crippen molar-refractivity contribution in [1.29, 1.82) is 0 Å². The highest BCUT2D eigenvalue weighted by Crippen LogP contribution is 2.36. The number of rotatable bonds is 2. The van der Waals surface area contributed by atoms with Crippen LogP contribution in [0.2, 0.25) is 0 Å². The molecule has 1 aromatic rings. The molecule has 1 aliphatic carbocycles. The van der Waals surface area contributed by atoms with Crippen molar-refractivity contribution in [1.82, 2.24) is 0 Å². The Morgan fingerprint density at radius 1 is 1.29 bits per heavy atom. The van der Waals surface area contributed by atoms with Crippen LogP contribution in [0.15, 0.2) is 29.2 Å². The fourth-order valence-corrected chi connectivity index (χ4v) is 3.21. The number of aliphatic hydroxyl groups excluding tert-OH is 1. The fourth-order valence-electron chi connectivity index (χ4n) is 1.90. The molecule has 0 aliphatic heterocycles. The highest BCUT2D eigenvalue weighted by atomic mass is 32.2. The van der Waals surface area contributed by atoms with Gasteiger partial charge in [-0.25, -0.2) is 0 Å². The Bertz CT molecular complexity index is 311. The van der Waals surface area contributed by atoms with Gasteiger partial charge in [0.2, 0.25) is 0 Å². The highest BCUT2D eigenvalue weighted by Gasteiger charge is 2.26. The summed E-state index contributed by atoms with van der Waals surface area (Å²) in [5.74, 6) is 0. The van der Waals surface area contributed by atoms with Crippen LogP contribution in [-0.4, -0.2) is 16.5 Å². The third-order valence-corrected chi connectivity index (χ3v) is 4.35. The number of hydrogen-bond acceptors (Lipinski definition) is 2. The maximum absolute atomic E-state index is 9.72. The van der Waals surface area contributed by atoms with E-state index < -0.39 is 0 Å². The Hall–Kier alpha value is -0.470. The van der Waals surface area contributed by atoms with E-state index >= 15 is 0 Å². The first-order valence-electron chi connectivity index (χ1n) is 5.18. The van der Waals surface area contributed by atoms with Crippen LogP contribution in [0.5, 0.6) is 0 Å². The molecule has 0 radical (unpaired) electrons. The molecule has 0 unspecified atom stereocenters. The predicted molar refractivity (Wildman–Crippen MR) is 60.7 cm³/mol. The van der Waals surface area contributed by atoms with Crippen LogP contribution in [0.3, 0.4) is 0 Å². The lowest BCUT2D eigenvalue weighted by Gasteiger charge is -2.14. The van der Waals surface area contributed by atoms with Gasteiger partial charge in [-0.05, 0) is 37.8 Å². The molecule has 0 saturated heterocycles. The van der Waals surface area contributed by atoms with Crippen LogP contribution in [0.25, 0.3) is 0 Å². The molecule has 0 spiro atoms. The Kier molecular flexibility index (Phi) is 3.14. The molecular weight excluding hydrogens is 192 g/mol. The van der Waals surface area contributed by atoms with Crippen molar-refractivity contribution in [2.24, 2.45) is 0 Å². The van der Waals surface area contributed by atoms with Crippen LogP contribution < -0.4 is 0 Å². The number of aliphatic hydroxyl groups is 1. The van der Waals surface area contributed by atoms with Crippen LogP contribution in [0.1, 0.15) is 24.8 Å². The lowest BCUT2D eigenvalue weighted by Crippen LogP contribution is -2.14. The van der Waals surface area contributed by atoms with Crippen molar-refractivity contribution >= 4 is 11.8 Å². The van der Waals surface area contributed by atoms with E-state index in [4.69, 9.17) is 0 Å². The van der Waals surface area contributed by atoms with Gasteiger partial charge in [0.15, 0.2) is 0 Å². The van der Waals surface area contributed by atoms with Gasteiger partial charge in [0.25, 0.3) is 0 Å². The second-order valence-corrected chi connectivity index (χ2v) is 5.20. The Morgan fingerprint density at radius 2 is 2.07 bits per heavy atom. The number of aryl methyl sites for hydroxylation is 1. The lowest BCUT2D eigenvalue weighted by atomic mass is 10.2. The topological polar surface area (TPSA) is 20.2 Å². The molecule has 0 aromatic heterocycles. The summed E-state index contributed by atoms with van der Waals surface area (Å²) in [6, 6.07) is 8.40. The molecule has 1 aliphatic rings. The number of hydrogen-bond donors (Lipinski definition) is 1. The molecule has 1 aromatic carbocycles. The molecule has 1 saturated carbocycles. The first-order chi connectivity index (χ1) is 6.77. The van der Waals surface area contributed by atoms with Crippen molar-refractivity contribution in [3.05, 3.63) is 29.8 Å². The average Bonchev–Trinajstić information content (AvgIpc) is 2.56. The predicted octanol–water partition coefficient (Wildman–Crippen LogP) is 3.00. The Morgan fingerprint density at radius 3 is 2.71 bits per heavy atom. The van der Waals surface area contributed by atoms with E-state index in [9.17, 15) is 5.11 Å². The Balaban J connectivity index is 2.07. The van der Waals surface area contributed by atoms with Crippen LogP contribution >= 0.6 is 11.8 Å². The molecular formula is C12H16OS. The third-order valence-electron chi connectivity index (χ3n) is 2.79. The standard InChI is InChI=1S/C12H16OS/c1-9-5-2-3-7-11(9)14-12-8-4-6-10(12)13/h2-3,5,7,10,12-13H,4,6,8H2,1H3/t10-,12-/m1/s1. The zero-order chi connectivity index (χ0) is 9.97. The zero-order valence-corrected chi connectivity index (χ0v) is 9.26. The van der Waals surface area contributed by atoms with Gasteiger partial charge in [-0.1, -0.05) is 18.2 Å². The maximum Gasteiger partial charge on any atom is 0.0662 e. The fraction of sp³-hybridized carbons (Fsp3) is 0.500. The molecule has 1 nitrogen and oxygen atoms in total. The van der Waals surface area contributed by atoms with Gasteiger partial charge in [-0.2, -0.15) is 0 Å². The molecule has 1 N–H and O–H groups in total. The van der Waals surface area contributed by atoms with Gasteiger partial charge in [0.05, 0.1) is 6.10 Å². The van der Waals surface area contributed by atoms with Gasteiger partial charge in [-0.3, -0.25) is 0 Å². The van der Waals surface area contributed by atoms with Crippen LogP contribution in [-0.2, 0) is 0 Å². The first kappa shape index (κ1) is 10.1. The molecule has 0 bridgehead atoms. The van der Waals surface area contributed by atoms with Gasteiger partial charge in [-0.15, -0.1) is 11.8 Å². The van der Waals surface area contributed by atoms with E-state index in [0.717, 1.165) is 12.8 Å². The molecule has 1 fully saturated rings. The number of benzene rings is 1. The van der Waals surface area contributed by atoms with Crippen molar-refractivity contribution in [2.75, 3.05) is 0 Å². The monoisotopic (exact) mass is 208 g/mol. The van der Waals surface area contributed by atoms with Gasteiger partial charge < -0.3 is 5.11 Å². The normalized spacial score (nSPS) is 26.7. The van der Waals surface area contributed by atoms with E-state index in [1.807, 2.05) is 11.8 Å². The smallest absolute Gasteiger partial charge is 0.0662 e. The van der Waals surface area contributed by atoms with Crippen molar-refractivity contribution in [2.45, 2.75) is 42.4 Å². The summed E-state index contributed by atoms with van der Waals surface area (Å²) in [6.45, 7) is 2.13. The van der Waals surface area contributed by atoms with Crippen molar-refractivity contribution in [3.8, 4) is 0 Å². The summed E-state index contributed by atoms with van der Waals surface area (Å²) in [5, 5.41) is 10.1. The maximum atomic E-state index is 9.72. The summed E-state index contributed by atoms with van der Waals surface area (Å²) in [7, 11) is 0. The van der Waals surface area contributed by atoms with Crippen molar-refractivity contribution < 1.29 is 5.11 Å². The highest BCUT2D eigenvalue weighted by molar-refractivity contribution is 8.00. The van der Waals surface area contributed by atoms with E-state index in [1.165, 1.54) is 16.9 Å².